The lowest BCUT2D eigenvalue weighted by atomic mass is 9.94. The number of hydrogen-bond donors (Lipinski definition) is 1. The molecule has 5 heteroatoms. The smallest absolute Gasteiger partial charge is 0.321 e. The number of carboxylic acids is 1. The minimum atomic E-state index is -0.790. The molecule has 0 bridgehead atoms. The van der Waals surface area contributed by atoms with Gasteiger partial charge in [0.05, 0.1) is 17.3 Å². The van der Waals surface area contributed by atoms with Gasteiger partial charge in [-0.1, -0.05) is 24.3 Å². The Morgan fingerprint density at radius 2 is 2.10 bits per heavy atom. The van der Waals surface area contributed by atoms with Gasteiger partial charge in [-0.05, 0) is 39.5 Å². The van der Waals surface area contributed by atoms with Gasteiger partial charge in [-0.3, -0.25) is 9.69 Å². The normalized spacial score (nSPS) is 18.8. The summed E-state index contributed by atoms with van der Waals surface area (Å²) in [6.45, 7) is 1.11. The van der Waals surface area contributed by atoms with E-state index >= 15 is 0 Å². The van der Waals surface area contributed by atoms with Crippen molar-refractivity contribution in [2.24, 2.45) is 0 Å². The van der Waals surface area contributed by atoms with E-state index < -0.39 is 12.0 Å². The van der Waals surface area contributed by atoms with Crippen LogP contribution < -0.4 is 0 Å². The number of nitrogens with zero attached hydrogens (tertiary/aromatic N) is 1. The van der Waals surface area contributed by atoms with Crippen molar-refractivity contribution >= 4 is 21.9 Å². The van der Waals surface area contributed by atoms with Gasteiger partial charge in [-0.2, -0.15) is 0 Å². The van der Waals surface area contributed by atoms with E-state index in [1.165, 1.54) is 5.56 Å². The monoisotopic (exact) mass is 335 g/mol. The summed E-state index contributed by atoms with van der Waals surface area (Å²) in [6.07, 6.45) is 2.14. The summed E-state index contributed by atoms with van der Waals surface area (Å²) in [5.74, 6) is -0.0298. The molecule has 20 heavy (non-hydrogen) atoms. The zero-order valence-corrected chi connectivity index (χ0v) is 12.3. The second kappa shape index (κ2) is 5.42. The van der Waals surface area contributed by atoms with Crippen LogP contribution in [0.25, 0.3) is 0 Å². The second-order valence-corrected chi connectivity index (χ2v) is 5.78. The Labute approximate surface area is 125 Å². The fourth-order valence-electron chi connectivity index (χ4n) is 2.61. The van der Waals surface area contributed by atoms with E-state index in [1.807, 2.05) is 29.2 Å². The Bertz CT molecular complexity index is 638. The molecule has 1 N–H and O–H groups in total. The molecule has 4 nitrogen and oxygen atoms in total. The van der Waals surface area contributed by atoms with E-state index in [1.54, 1.807) is 6.26 Å². The van der Waals surface area contributed by atoms with Crippen LogP contribution in [0.1, 0.15) is 16.9 Å². The Hall–Kier alpha value is -1.59. The number of benzene rings is 1. The number of hydrogen-bond acceptors (Lipinski definition) is 3. The topological polar surface area (TPSA) is 53.7 Å². The van der Waals surface area contributed by atoms with Crippen molar-refractivity contribution in [2.75, 3.05) is 0 Å². The molecule has 2 heterocycles. The molecule has 1 aromatic carbocycles. The molecule has 0 saturated carbocycles. The van der Waals surface area contributed by atoms with Crippen LogP contribution in [-0.2, 0) is 24.3 Å². The third-order valence-electron chi connectivity index (χ3n) is 3.67. The van der Waals surface area contributed by atoms with Crippen LogP contribution >= 0.6 is 15.9 Å². The Kier molecular flexibility index (Phi) is 3.63. The highest BCUT2D eigenvalue weighted by molar-refractivity contribution is 9.10. The zero-order chi connectivity index (χ0) is 14.1. The molecule has 0 aliphatic carbocycles. The van der Waals surface area contributed by atoms with E-state index in [4.69, 9.17) is 4.42 Å². The minimum Gasteiger partial charge on any atom is -0.480 e. The van der Waals surface area contributed by atoms with Gasteiger partial charge >= 0.3 is 5.97 Å². The van der Waals surface area contributed by atoms with Crippen LogP contribution in [0.3, 0.4) is 0 Å². The summed E-state index contributed by atoms with van der Waals surface area (Å²) in [6, 6.07) is 9.31. The second-order valence-electron chi connectivity index (χ2n) is 4.92. The third-order valence-corrected chi connectivity index (χ3v) is 4.38. The molecule has 3 rings (SSSR count). The number of fused-ring (bicyclic) bond motifs is 1. The first-order valence-electron chi connectivity index (χ1n) is 6.40. The number of carboxylic acid groups (broad SMARTS) is 1. The van der Waals surface area contributed by atoms with Crippen LogP contribution in [0.2, 0.25) is 0 Å². The summed E-state index contributed by atoms with van der Waals surface area (Å²) in [5, 5.41) is 9.45. The molecular weight excluding hydrogens is 322 g/mol. The van der Waals surface area contributed by atoms with Gasteiger partial charge in [0, 0.05) is 6.54 Å². The molecule has 0 amide bonds. The number of carbonyl (C=O) groups is 1. The van der Waals surface area contributed by atoms with Gasteiger partial charge in [0.2, 0.25) is 0 Å². The van der Waals surface area contributed by atoms with Gasteiger partial charge in [-0.15, -0.1) is 0 Å². The summed E-state index contributed by atoms with van der Waals surface area (Å²) < 4.78 is 6.28. The summed E-state index contributed by atoms with van der Waals surface area (Å²) in [4.78, 5) is 13.4. The van der Waals surface area contributed by atoms with Crippen molar-refractivity contribution in [3.63, 3.8) is 0 Å². The molecule has 0 fully saturated rings. The lowest BCUT2D eigenvalue weighted by Gasteiger charge is -2.33. The molecule has 1 aromatic heterocycles. The quantitative estimate of drug-likeness (QED) is 0.936. The van der Waals surface area contributed by atoms with Crippen molar-refractivity contribution in [3.05, 3.63) is 58.0 Å². The summed E-state index contributed by atoms with van der Waals surface area (Å²) >= 11 is 3.41. The third kappa shape index (κ3) is 2.51. The summed E-state index contributed by atoms with van der Waals surface area (Å²) in [7, 11) is 0. The molecule has 0 spiro atoms. The molecule has 2 aromatic rings. The average molecular weight is 336 g/mol. The summed E-state index contributed by atoms with van der Waals surface area (Å²) in [5.41, 5.74) is 2.31. The van der Waals surface area contributed by atoms with Crippen molar-refractivity contribution in [2.45, 2.75) is 25.6 Å². The van der Waals surface area contributed by atoms with E-state index in [2.05, 4.69) is 22.0 Å². The first-order chi connectivity index (χ1) is 9.65. The molecule has 1 aliphatic heterocycles. The van der Waals surface area contributed by atoms with E-state index in [9.17, 15) is 9.90 Å². The van der Waals surface area contributed by atoms with E-state index in [0.717, 1.165) is 15.8 Å². The Balaban J connectivity index is 1.89. The maximum Gasteiger partial charge on any atom is 0.321 e. The average Bonchev–Trinajstić information content (AvgIpc) is 2.83. The van der Waals surface area contributed by atoms with Crippen LogP contribution in [0.4, 0.5) is 0 Å². The SMILES string of the molecule is O=C(O)C1Cc2ccccc2CN1Cc1occc1Br. The van der Waals surface area contributed by atoms with Crippen LogP contribution in [-0.4, -0.2) is 22.0 Å². The van der Waals surface area contributed by atoms with Gasteiger partial charge in [-0.25, -0.2) is 0 Å². The van der Waals surface area contributed by atoms with Crippen molar-refractivity contribution in [1.29, 1.82) is 0 Å². The number of aliphatic carboxylic acids is 1. The Morgan fingerprint density at radius 1 is 1.35 bits per heavy atom. The number of furan rings is 1. The fourth-order valence-corrected chi connectivity index (χ4v) is 2.94. The molecule has 1 atom stereocenters. The van der Waals surface area contributed by atoms with E-state index in [0.29, 0.717) is 19.5 Å². The van der Waals surface area contributed by atoms with Crippen molar-refractivity contribution in [1.82, 2.24) is 4.90 Å². The van der Waals surface area contributed by atoms with Crippen LogP contribution in [0, 0.1) is 0 Å². The molecule has 104 valence electrons. The first-order valence-corrected chi connectivity index (χ1v) is 7.20. The highest BCUT2D eigenvalue weighted by atomic mass is 79.9. The molecule has 1 unspecified atom stereocenters. The van der Waals surface area contributed by atoms with Gasteiger partial charge < -0.3 is 9.52 Å². The Morgan fingerprint density at radius 3 is 2.75 bits per heavy atom. The molecule has 0 saturated heterocycles. The van der Waals surface area contributed by atoms with Crippen LogP contribution in [0.15, 0.2) is 45.5 Å². The maximum absolute atomic E-state index is 11.5. The van der Waals surface area contributed by atoms with Crippen molar-refractivity contribution < 1.29 is 14.3 Å². The lowest BCUT2D eigenvalue weighted by molar-refractivity contribution is -0.144. The zero-order valence-electron chi connectivity index (χ0n) is 10.8. The maximum atomic E-state index is 11.5. The fraction of sp³-hybridized carbons (Fsp3) is 0.267. The molecule has 0 radical (unpaired) electrons. The van der Waals surface area contributed by atoms with Gasteiger partial charge in [0.15, 0.2) is 0 Å². The predicted molar refractivity (Wildman–Crippen MR) is 77.2 cm³/mol. The van der Waals surface area contributed by atoms with Gasteiger partial charge in [0.1, 0.15) is 11.8 Å². The van der Waals surface area contributed by atoms with Crippen LogP contribution in [0.5, 0.6) is 0 Å². The predicted octanol–water partition coefficient (Wildman–Crippen LogP) is 3.05. The number of rotatable bonds is 3. The highest BCUT2D eigenvalue weighted by Gasteiger charge is 2.32. The highest BCUT2D eigenvalue weighted by Crippen LogP contribution is 2.27. The largest absolute Gasteiger partial charge is 0.480 e. The first kappa shape index (κ1) is 13.4. The number of halogens is 1. The van der Waals surface area contributed by atoms with Crippen molar-refractivity contribution in [3.8, 4) is 0 Å². The standard InChI is InChI=1S/C15H14BrNO3/c16-12-5-6-20-14(12)9-17-8-11-4-2-1-3-10(11)7-13(17)15(18)19/h1-6,13H,7-9H2,(H,18,19). The lowest BCUT2D eigenvalue weighted by Crippen LogP contribution is -2.44. The van der Waals surface area contributed by atoms with Gasteiger partial charge in [0.25, 0.3) is 0 Å². The molecule has 1 aliphatic rings. The minimum absolute atomic E-state index is 0.485. The van der Waals surface area contributed by atoms with E-state index in [-0.39, 0.29) is 0 Å². The molecular formula is C15H14BrNO3.